The van der Waals surface area contributed by atoms with E-state index in [1.165, 1.54) is 96.7 Å². The molecule has 9 aromatic carbocycles. The van der Waals surface area contributed by atoms with E-state index in [-0.39, 0.29) is 0 Å². The molecule has 0 aliphatic carbocycles. The monoisotopic (exact) mass is 755 g/mol. The molecule has 0 bridgehead atoms. The van der Waals surface area contributed by atoms with Crippen molar-refractivity contribution >= 4 is 96.9 Å². The standard InChI is InChI=1S/C54H33N3S/c1-2-13-35(14-3-1)55-50-28-26-36(56-47-21-8-4-15-39(47)40-16-5-9-22-48(40)56)32-44(50)45-33-37(27-29-51(45)55)57-49-23-10-6-17-41(49)43-20-12-19-38(54(43)57)34-25-30-53-46(31-34)42-18-7-11-24-52(42)58-53/h1-33H. The molecule has 13 rings (SSSR count). The Balaban J connectivity index is 1.10. The number of nitrogens with zero attached hydrogens (tertiary/aromatic N) is 3. The zero-order valence-electron chi connectivity index (χ0n) is 31.3. The van der Waals surface area contributed by atoms with Gasteiger partial charge in [-0.2, -0.15) is 0 Å². The van der Waals surface area contributed by atoms with Crippen LogP contribution in [0.2, 0.25) is 0 Å². The fraction of sp³-hybridized carbons (Fsp3) is 0. The van der Waals surface area contributed by atoms with Gasteiger partial charge in [0.15, 0.2) is 0 Å². The molecule has 58 heavy (non-hydrogen) atoms. The van der Waals surface area contributed by atoms with Gasteiger partial charge in [-0.3, -0.25) is 0 Å². The highest BCUT2D eigenvalue weighted by molar-refractivity contribution is 7.25. The maximum absolute atomic E-state index is 2.50. The maximum Gasteiger partial charge on any atom is 0.0619 e. The summed E-state index contributed by atoms with van der Waals surface area (Å²) >= 11 is 1.87. The van der Waals surface area contributed by atoms with Crippen molar-refractivity contribution in [2.24, 2.45) is 0 Å². The van der Waals surface area contributed by atoms with Crippen LogP contribution in [0.3, 0.4) is 0 Å². The van der Waals surface area contributed by atoms with Crippen molar-refractivity contribution in [1.29, 1.82) is 0 Å². The van der Waals surface area contributed by atoms with Crippen LogP contribution in [0.25, 0.3) is 114 Å². The van der Waals surface area contributed by atoms with E-state index in [1.54, 1.807) is 0 Å². The third-order valence-electron chi connectivity index (χ3n) is 12.2. The normalized spacial score (nSPS) is 12.1. The smallest absolute Gasteiger partial charge is 0.0619 e. The fourth-order valence-electron chi connectivity index (χ4n) is 9.75. The summed E-state index contributed by atoms with van der Waals surface area (Å²) in [5, 5.41) is 10.1. The van der Waals surface area contributed by atoms with Crippen molar-refractivity contribution in [3.63, 3.8) is 0 Å². The van der Waals surface area contributed by atoms with Gasteiger partial charge in [-0.15, -0.1) is 11.3 Å². The van der Waals surface area contributed by atoms with Gasteiger partial charge in [0.05, 0.1) is 33.1 Å². The molecular formula is C54H33N3S. The molecular weight excluding hydrogens is 723 g/mol. The average molecular weight is 756 g/mol. The van der Waals surface area contributed by atoms with Gasteiger partial charge in [0.1, 0.15) is 0 Å². The van der Waals surface area contributed by atoms with Crippen molar-refractivity contribution < 1.29 is 0 Å². The topological polar surface area (TPSA) is 14.8 Å². The summed E-state index contributed by atoms with van der Waals surface area (Å²) in [6.45, 7) is 0. The highest BCUT2D eigenvalue weighted by atomic mass is 32.1. The van der Waals surface area contributed by atoms with E-state index in [0.29, 0.717) is 0 Å². The second kappa shape index (κ2) is 12.1. The highest BCUT2D eigenvalue weighted by Gasteiger charge is 2.21. The second-order valence-electron chi connectivity index (χ2n) is 15.3. The lowest BCUT2D eigenvalue weighted by Crippen LogP contribution is -1.97. The maximum atomic E-state index is 2.50. The van der Waals surface area contributed by atoms with Crippen molar-refractivity contribution in [2.45, 2.75) is 0 Å². The Kier molecular flexibility index (Phi) is 6.60. The molecule has 4 heteroatoms. The zero-order valence-corrected chi connectivity index (χ0v) is 32.1. The summed E-state index contributed by atoms with van der Waals surface area (Å²) in [6.07, 6.45) is 0. The molecule has 3 nitrogen and oxygen atoms in total. The lowest BCUT2D eigenvalue weighted by Gasteiger charge is -2.13. The van der Waals surface area contributed by atoms with Crippen LogP contribution in [0.15, 0.2) is 200 Å². The van der Waals surface area contributed by atoms with Gasteiger partial charge in [-0.25, -0.2) is 0 Å². The molecule has 0 N–H and O–H groups in total. The number of fused-ring (bicyclic) bond motifs is 12. The van der Waals surface area contributed by atoms with Crippen LogP contribution in [-0.4, -0.2) is 13.7 Å². The van der Waals surface area contributed by atoms with Crippen molar-refractivity contribution in [3.05, 3.63) is 200 Å². The number of hydrogen-bond donors (Lipinski definition) is 0. The quantitative estimate of drug-likeness (QED) is 0.170. The molecule has 0 atom stereocenters. The first-order valence-corrected chi connectivity index (χ1v) is 20.7. The summed E-state index contributed by atoms with van der Waals surface area (Å²) in [4.78, 5) is 0. The van der Waals surface area contributed by atoms with Crippen molar-refractivity contribution in [2.75, 3.05) is 0 Å². The van der Waals surface area contributed by atoms with E-state index in [4.69, 9.17) is 0 Å². The van der Waals surface area contributed by atoms with E-state index in [9.17, 15) is 0 Å². The molecule has 0 unspecified atom stereocenters. The highest BCUT2D eigenvalue weighted by Crippen LogP contribution is 2.43. The Bertz CT molecular complexity index is 3750. The number of para-hydroxylation sites is 5. The number of hydrogen-bond acceptors (Lipinski definition) is 1. The zero-order chi connectivity index (χ0) is 37.9. The van der Waals surface area contributed by atoms with Crippen LogP contribution in [0.1, 0.15) is 0 Å². The Morgan fingerprint density at radius 3 is 1.47 bits per heavy atom. The van der Waals surface area contributed by atoms with Gasteiger partial charge in [-0.05, 0) is 90.5 Å². The molecule has 0 saturated carbocycles. The summed E-state index contributed by atoms with van der Waals surface area (Å²) in [5.74, 6) is 0. The Labute approximate surface area is 337 Å². The average Bonchev–Trinajstić information content (AvgIpc) is 4.02. The SMILES string of the molecule is c1ccc(-n2c3ccc(-n4c5ccccc5c5ccccc54)cc3c3cc(-n4c5ccccc5c5cccc(-c6ccc7sc8ccccc8c7c6)c54)ccc32)cc1. The van der Waals surface area contributed by atoms with Gasteiger partial charge in [-0.1, -0.05) is 115 Å². The molecule has 4 heterocycles. The second-order valence-corrected chi connectivity index (χ2v) is 16.4. The molecule has 270 valence electrons. The van der Waals surface area contributed by atoms with Crippen molar-refractivity contribution in [3.8, 4) is 28.2 Å². The predicted octanol–water partition coefficient (Wildman–Crippen LogP) is 15.0. The third-order valence-corrected chi connectivity index (χ3v) is 13.4. The Morgan fingerprint density at radius 1 is 0.276 bits per heavy atom. The Morgan fingerprint density at radius 2 is 0.776 bits per heavy atom. The molecule has 0 saturated heterocycles. The number of thiophene rings is 1. The van der Waals surface area contributed by atoms with Crippen LogP contribution in [0.4, 0.5) is 0 Å². The van der Waals surface area contributed by atoms with Crippen molar-refractivity contribution in [1.82, 2.24) is 13.7 Å². The molecule has 0 fully saturated rings. The van der Waals surface area contributed by atoms with Gasteiger partial charge >= 0.3 is 0 Å². The molecule has 0 amide bonds. The largest absolute Gasteiger partial charge is 0.309 e. The minimum Gasteiger partial charge on any atom is -0.309 e. The predicted molar refractivity (Wildman–Crippen MR) is 248 cm³/mol. The van der Waals surface area contributed by atoms with E-state index < -0.39 is 0 Å². The summed E-state index contributed by atoms with van der Waals surface area (Å²) < 4.78 is 9.98. The summed E-state index contributed by atoms with van der Waals surface area (Å²) in [5.41, 5.74) is 13.1. The summed E-state index contributed by atoms with van der Waals surface area (Å²) in [7, 11) is 0. The van der Waals surface area contributed by atoms with E-state index >= 15 is 0 Å². The first kappa shape index (κ1) is 31.8. The fourth-order valence-corrected chi connectivity index (χ4v) is 10.8. The molecule has 0 aliphatic heterocycles. The minimum atomic E-state index is 1.14. The Hall–Kier alpha value is -7.40. The summed E-state index contributed by atoms with van der Waals surface area (Å²) in [6, 6.07) is 73.8. The van der Waals surface area contributed by atoms with Crippen LogP contribution >= 0.6 is 11.3 Å². The van der Waals surface area contributed by atoms with Gasteiger partial charge in [0.25, 0.3) is 0 Å². The molecule has 0 radical (unpaired) electrons. The lowest BCUT2D eigenvalue weighted by atomic mass is 10.00. The van der Waals surface area contributed by atoms with Crippen LogP contribution in [-0.2, 0) is 0 Å². The first-order chi connectivity index (χ1) is 28.8. The molecule has 4 aromatic heterocycles. The van der Waals surface area contributed by atoms with E-state index in [0.717, 1.165) is 17.1 Å². The molecule has 0 spiro atoms. The van der Waals surface area contributed by atoms with Gasteiger partial charge in [0, 0.05) is 75.1 Å². The molecule has 13 aromatic rings. The molecule has 0 aliphatic rings. The van der Waals surface area contributed by atoms with Crippen LogP contribution < -0.4 is 0 Å². The van der Waals surface area contributed by atoms with Crippen LogP contribution in [0, 0.1) is 0 Å². The number of benzene rings is 9. The number of rotatable bonds is 4. The van der Waals surface area contributed by atoms with Crippen LogP contribution in [0.5, 0.6) is 0 Å². The lowest BCUT2D eigenvalue weighted by molar-refractivity contribution is 1.16. The van der Waals surface area contributed by atoms with Gasteiger partial charge in [0.2, 0.25) is 0 Å². The first-order valence-electron chi connectivity index (χ1n) is 19.8. The van der Waals surface area contributed by atoms with Gasteiger partial charge < -0.3 is 13.7 Å². The third kappa shape index (κ3) is 4.43. The minimum absolute atomic E-state index is 1.14. The van der Waals surface area contributed by atoms with E-state index in [1.807, 2.05) is 11.3 Å². The van der Waals surface area contributed by atoms with E-state index in [2.05, 4.69) is 214 Å². The number of aromatic nitrogens is 3.